The molecule has 0 spiro atoms. The van der Waals surface area contributed by atoms with E-state index in [4.69, 9.17) is 0 Å². The summed E-state index contributed by atoms with van der Waals surface area (Å²) >= 11 is 1.30. The first kappa shape index (κ1) is 19.7. The number of carbonyl (C=O) groups is 2. The van der Waals surface area contributed by atoms with Crippen LogP contribution in [0, 0.1) is 0 Å². The van der Waals surface area contributed by atoms with E-state index >= 15 is 0 Å². The second-order valence-corrected chi connectivity index (χ2v) is 8.62. The van der Waals surface area contributed by atoms with Gasteiger partial charge >= 0.3 is 0 Å². The molecule has 1 atom stereocenters. The number of amides is 1. The van der Waals surface area contributed by atoms with Gasteiger partial charge in [0.05, 0.1) is 0 Å². The normalized spacial score (nSPS) is 15.4. The van der Waals surface area contributed by atoms with Crippen LogP contribution in [0.4, 0.5) is 0 Å². The summed E-state index contributed by atoms with van der Waals surface area (Å²) in [4.78, 5) is 26.3. The first-order valence-electron chi connectivity index (χ1n) is 9.71. The molecule has 3 nitrogen and oxygen atoms in total. The van der Waals surface area contributed by atoms with E-state index in [1.165, 1.54) is 34.9 Å². The lowest BCUT2D eigenvalue weighted by Gasteiger charge is -2.28. The van der Waals surface area contributed by atoms with Crippen molar-refractivity contribution in [3.8, 4) is 11.1 Å². The molecule has 0 radical (unpaired) electrons. The fraction of sp³-hybridized carbons (Fsp3) is 0.391. The van der Waals surface area contributed by atoms with Crippen LogP contribution < -0.4 is 0 Å². The van der Waals surface area contributed by atoms with E-state index < -0.39 is 0 Å². The van der Waals surface area contributed by atoms with Crippen LogP contribution >= 0.6 is 11.8 Å². The molecule has 2 aromatic carbocycles. The molecule has 0 aliphatic carbocycles. The molecule has 27 heavy (non-hydrogen) atoms. The Bertz CT molecular complexity index is 752. The third kappa shape index (κ3) is 5.96. The van der Waals surface area contributed by atoms with Crippen LogP contribution in [-0.4, -0.2) is 34.3 Å². The molecule has 0 N–H and O–H groups in total. The summed E-state index contributed by atoms with van der Waals surface area (Å²) in [5, 5.41) is 0.0758. The second kappa shape index (κ2) is 9.75. The highest BCUT2D eigenvalue weighted by Gasteiger charge is 2.22. The topological polar surface area (TPSA) is 37.4 Å². The van der Waals surface area contributed by atoms with E-state index in [0.29, 0.717) is 6.42 Å². The molecule has 1 saturated heterocycles. The van der Waals surface area contributed by atoms with Crippen LogP contribution in [0.25, 0.3) is 11.1 Å². The molecule has 1 aliphatic rings. The third-order valence-electron chi connectivity index (χ3n) is 4.97. The van der Waals surface area contributed by atoms with E-state index in [-0.39, 0.29) is 16.3 Å². The van der Waals surface area contributed by atoms with Crippen LogP contribution in [0.1, 0.15) is 38.2 Å². The van der Waals surface area contributed by atoms with E-state index in [1.807, 2.05) is 23.1 Å². The molecule has 2 aromatic rings. The van der Waals surface area contributed by atoms with Gasteiger partial charge in [0.25, 0.3) is 0 Å². The zero-order valence-corrected chi connectivity index (χ0v) is 16.7. The first-order valence-corrected chi connectivity index (χ1v) is 10.6. The van der Waals surface area contributed by atoms with Crippen molar-refractivity contribution in [1.29, 1.82) is 0 Å². The molecule has 1 aliphatic heterocycles. The summed E-state index contributed by atoms with van der Waals surface area (Å²) in [6.07, 6.45) is 4.57. The molecule has 1 amide bonds. The largest absolute Gasteiger partial charge is 0.343 e. The van der Waals surface area contributed by atoms with Gasteiger partial charge in [-0.25, -0.2) is 0 Å². The van der Waals surface area contributed by atoms with Crippen molar-refractivity contribution in [1.82, 2.24) is 4.90 Å². The minimum atomic E-state index is -0.000461. The Morgan fingerprint density at radius 3 is 2.19 bits per heavy atom. The van der Waals surface area contributed by atoms with Gasteiger partial charge in [0, 0.05) is 31.7 Å². The van der Waals surface area contributed by atoms with E-state index in [0.717, 1.165) is 32.4 Å². The molecule has 1 unspecified atom stereocenters. The van der Waals surface area contributed by atoms with Crippen molar-refractivity contribution in [3.05, 3.63) is 60.2 Å². The Kier molecular flexibility index (Phi) is 7.11. The third-order valence-corrected chi connectivity index (χ3v) is 5.97. The summed E-state index contributed by atoms with van der Waals surface area (Å²) in [7, 11) is 0. The van der Waals surface area contributed by atoms with Gasteiger partial charge in [-0.15, -0.1) is 0 Å². The predicted octanol–water partition coefficient (Wildman–Crippen LogP) is 4.95. The Hall–Kier alpha value is -2.07. The Morgan fingerprint density at radius 1 is 0.926 bits per heavy atom. The summed E-state index contributed by atoms with van der Waals surface area (Å²) in [6.45, 7) is 3.31. The molecule has 0 saturated carbocycles. The fourth-order valence-corrected chi connectivity index (χ4v) is 4.56. The van der Waals surface area contributed by atoms with Gasteiger partial charge < -0.3 is 4.90 Å². The quantitative estimate of drug-likeness (QED) is 0.711. The zero-order valence-electron chi connectivity index (χ0n) is 15.9. The van der Waals surface area contributed by atoms with E-state index in [1.54, 1.807) is 6.92 Å². The zero-order chi connectivity index (χ0) is 19.1. The van der Waals surface area contributed by atoms with Crippen molar-refractivity contribution in [3.63, 3.8) is 0 Å². The molecule has 1 heterocycles. The number of thioether (sulfide) groups is 1. The lowest BCUT2D eigenvalue weighted by atomic mass is 10.0. The number of nitrogens with zero attached hydrogens (tertiary/aromatic N) is 1. The van der Waals surface area contributed by atoms with E-state index in [9.17, 15) is 9.59 Å². The molecule has 142 valence electrons. The van der Waals surface area contributed by atoms with Crippen LogP contribution in [0.3, 0.4) is 0 Å². The average Bonchev–Trinajstić information content (AvgIpc) is 2.69. The highest BCUT2D eigenvalue weighted by Crippen LogP contribution is 2.25. The second-order valence-electron chi connectivity index (χ2n) is 7.14. The maximum atomic E-state index is 12.6. The van der Waals surface area contributed by atoms with Gasteiger partial charge in [0.1, 0.15) is 0 Å². The van der Waals surface area contributed by atoms with E-state index in [2.05, 4.69) is 36.4 Å². The highest BCUT2D eigenvalue weighted by atomic mass is 32.2. The van der Waals surface area contributed by atoms with Crippen LogP contribution in [-0.2, 0) is 16.0 Å². The van der Waals surface area contributed by atoms with Gasteiger partial charge in [-0.05, 0) is 42.4 Å². The molecular formula is C23H27NO2S. The number of likely N-dealkylation sites (tertiary alicyclic amines) is 1. The fourth-order valence-electron chi connectivity index (χ4n) is 3.58. The monoisotopic (exact) mass is 381 g/mol. The standard InChI is InChI=1S/C23H27NO2S/c1-18(25)27-22(17-23(26)24-14-6-3-7-15-24)16-19-10-12-21(13-11-19)20-8-4-2-5-9-20/h2,4-5,8-13,22H,3,6-7,14-17H2,1H3. The minimum Gasteiger partial charge on any atom is -0.343 e. The smallest absolute Gasteiger partial charge is 0.223 e. The lowest BCUT2D eigenvalue weighted by Crippen LogP contribution is -2.37. The van der Waals surface area contributed by atoms with Crippen molar-refractivity contribution in [2.75, 3.05) is 13.1 Å². The van der Waals surface area contributed by atoms with Gasteiger partial charge in [0.2, 0.25) is 5.91 Å². The minimum absolute atomic E-state index is 0.000461. The molecule has 1 fully saturated rings. The SMILES string of the molecule is CC(=O)SC(CC(=O)N1CCCCC1)Cc1ccc(-c2ccccc2)cc1. The Morgan fingerprint density at radius 2 is 1.56 bits per heavy atom. The summed E-state index contributed by atoms with van der Waals surface area (Å²) in [5.41, 5.74) is 3.54. The summed E-state index contributed by atoms with van der Waals surface area (Å²) < 4.78 is 0. The maximum absolute atomic E-state index is 12.6. The highest BCUT2D eigenvalue weighted by molar-refractivity contribution is 8.14. The predicted molar refractivity (Wildman–Crippen MR) is 113 cm³/mol. The van der Waals surface area contributed by atoms with Crippen LogP contribution in [0.15, 0.2) is 54.6 Å². The number of hydrogen-bond acceptors (Lipinski definition) is 3. The lowest BCUT2D eigenvalue weighted by molar-refractivity contribution is -0.132. The molecule has 0 aromatic heterocycles. The number of benzene rings is 2. The van der Waals surface area contributed by atoms with Crippen molar-refractivity contribution in [2.45, 2.75) is 44.3 Å². The van der Waals surface area contributed by atoms with Gasteiger partial charge in [-0.3, -0.25) is 9.59 Å². The van der Waals surface area contributed by atoms with Crippen LogP contribution in [0.5, 0.6) is 0 Å². The summed E-state index contributed by atoms with van der Waals surface area (Å²) in [5.74, 6) is 0.189. The number of hydrogen-bond donors (Lipinski definition) is 0. The van der Waals surface area contributed by atoms with Gasteiger partial charge in [-0.1, -0.05) is 66.4 Å². The number of carbonyl (C=O) groups excluding carboxylic acids is 2. The molecule has 0 bridgehead atoms. The number of rotatable bonds is 6. The molecule has 4 heteroatoms. The van der Waals surface area contributed by atoms with Crippen LogP contribution in [0.2, 0.25) is 0 Å². The Balaban J connectivity index is 1.65. The van der Waals surface area contributed by atoms with Crippen molar-refractivity contribution < 1.29 is 9.59 Å². The first-order chi connectivity index (χ1) is 13.1. The van der Waals surface area contributed by atoms with Gasteiger partial charge in [-0.2, -0.15) is 0 Å². The Labute approximate surface area is 166 Å². The maximum Gasteiger partial charge on any atom is 0.223 e. The van der Waals surface area contributed by atoms with Crippen molar-refractivity contribution in [2.24, 2.45) is 0 Å². The molecular weight excluding hydrogens is 354 g/mol. The van der Waals surface area contributed by atoms with Gasteiger partial charge in [0.15, 0.2) is 5.12 Å². The average molecular weight is 382 g/mol. The molecule has 3 rings (SSSR count). The van der Waals surface area contributed by atoms with Crippen molar-refractivity contribution >= 4 is 22.8 Å². The number of piperidine rings is 1. The summed E-state index contributed by atoms with van der Waals surface area (Å²) in [6, 6.07) is 18.7.